The first-order valence-corrected chi connectivity index (χ1v) is 13.4. The molecule has 1 aliphatic heterocycles. The quantitative estimate of drug-likeness (QED) is 0.133. The summed E-state index contributed by atoms with van der Waals surface area (Å²) in [6, 6.07) is 0. The molecule has 2 unspecified atom stereocenters. The lowest BCUT2D eigenvalue weighted by molar-refractivity contribution is -0.152. The first-order chi connectivity index (χ1) is 17.5. The fourth-order valence-electron chi connectivity index (χ4n) is 4.69. The monoisotopic (exact) mass is 501 g/mol. The first-order valence-electron chi connectivity index (χ1n) is 13.4. The molecule has 36 heavy (non-hydrogen) atoms. The summed E-state index contributed by atoms with van der Waals surface area (Å²) >= 11 is 0. The Hall–Kier alpha value is -2.73. The van der Waals surface area contributed by atoms with E-state index in [2.05, 4.69) is 27.8 Å². The number of halogens is 1. The Balaban J connectivity index is 1.32. The number of rotatable bonds is 16. The lowest BCUT2D eigenvalue weighted by atomic mass is 10.0. The number of terminal acetylenes is 1. The van der Waals surface area contributed by atoms with E-state index in [1.165, 1.54) is 64.1 Å². The number of nitrogens with two attached hydrogens (primary N) is 1. The summed E-state index contributed by atoms with van der Waals surface area (Å²) in [6.45, 7) is 2.23. The number of nitrogen functional groups attached to an aromatic ring is 1. The molecule has 198 valence electrons. The molecule has 0 aliphatic carbocycles. The topological polar surface area (TPSA) is 105 Å². The van der Waals surface area contributed by atoms with Crippen LogP contribution in [-0.2, 0) is 14.3 Å². The van der Waals surface area contributed by atoms with Gasteiger partial charge in [-0.25, -0.2) is 4.98 Å². The van der Waals surface area contributed by atoms with Crippen LogP contribution in [0.1, 0.15) is 109 Å². The van der Waals surface area contributed by atoms with E-state index in [0.717, 1.165) is 19.3 Å². The minimum Gasteiger partial charge on any atom is -0.462 e. The predicted molar refractivity (Wildman–Crippen MR) is 137 cm³/mol. The lowest BCUT2D eigenvalue weighted by Gasteiger charge is -2.23. The van der Waals surface area contributed by atoms with E-state index < -0.39 is 17.9 Å². The summed E-state index contributed by atoms with van der Waals surface area (Å²) in [4.78, 5) is 23.7. The molecule has 2 N–H and O–H groups in total. The summed E-state index contributed by atoms with van der Waals surface area (Å²) in [5.41, 5.74) is 5.24. The van der Waals surface area contributed by atoms with Crippen molar-refractivity contribution in [2.24, 2.45) is 0 Å². The second kappa shape index (κ2) is 14.1. The van der Waals surface area contributed by atoms with E-state index >= 15 is 0 Å². The third kappa shape index (κ3) is 7.89. The van der Waals surface area contributed by atoms with Crippen molar-refractivity contribution in [3.05, 3.63) is 12.4 Å². The molecule has 8 nitrogen and oxygen atoms in total. The number of unbranched alkanes of at least 4 members (excludes halogenated alkanes) is 11. The molecule has 1 fully saturated rings. The molecule has 2 atom stereocenters. The number of fused-ring (bicyclic) bond motifs is 1. The maximum Gasteiger partial charge on any atom is 0.312 e. The zero-order chi connectivity index (χ0) is 25.8. The number of aromatic nitrogens is 4. The van der Waals surface area contributed by atoms with Crippen LogP contribution < -0.4 is 5.73 Å². The van der Waals surface area contributed by atoms with Crippen molar-refractivity contribution in [2.75, 3.05) is 12.3 Å². The summed E-state index contributed by atoms with van der Waals surface area (Å²) in [5, 5.41) is 0. The minimum absolute atomic E-state index is 0.0186. The number of hydrogen-bond acceptors (Lipinski definition) is 7. The highest BCUT2D eigenvalue weighted by molar-refractivity contribution is 5.81. The van der Waals surface area contributed by atoms with Gasteiger partial charge in [0.25, 0.3) is 0 Å². The van der Waals surface area contributed by atoms with Gasteiger partial charge in [-0.15, -0.1) is 6.42 Å². The minimum atomic E-state index is -1.04. The molecule has 1 saturated heterocycles. The van der Waals surface area contributed by atoms with Crippen LogP contribution in [-0.4, -0.2) is 37.7 Å². The van der Waals surface area contributed by atoms with Crippen LogP contribution in [0.25, 0.3) is 11.2 Å². The van der Waals surface area contributed by atoms with Gasteiger partial charge in [-0.05, 0) is 19.3 Å². The highest BCUT2D eigenvalue weighted by Gasteiger charge is 2.41. The van der Waals surface area contributed by atoms with Crippen molar-refractivity contribution in [1.29, 1.82) is 0 Å². The average molecular weight is 502 g/mol. The molecule has 1 aliphatic rings. The van der Waals surface area contributed by atoms with Crippen LogP contribution in [0, 0.1) is 18.4 Å². The number of imidazole rings is 1. The summed E-state index contributed by atoms with van der Waals surface area (Å²) < 4.78 is 26.8. The van der Waals surface area contributed by atoms with E-state index in [0.29, 0.717) is 24.8 Å². The number of carbonyl (C=O) groups is 1. The molecule has 3 rings (SSSR count). The fraction of sp³-hybridized carbons (Fsp3) is 0.704. The maximum atomic E-state index is 13.7. The second-order valence-electron chi connectivity index (χ2n) is 9.75. The molecule has 2 aromatic rings. The molecule has 0 amide bonds. The van der Waals surface area contributed by atoms with Crippen molar-refractivity contribution >= 4 is 23.0 Å². The average Bonchev–Trinajstić information content (AvgIpc) is 3.48. The van der Waals surface area contributed by atoms with Crippen LogP contribution in [0.15, 0.2) is 6.33 Å². The molecule has 9 heteroatoms. The van der Waals surface area contributed by atoms with Gasteiger partial charge >= 0.3 is 12.0 Å². The normalized spacial score (nSPS) is 19.5. The van der Waals surface area contributed by atoms with Gasteiger partial charge in [-0.1, -0.05) is 83.5 Å². The lowest BCUT2D eigenvalue weighted by Crippen LogP contribution is -2.34. The van der Waals surface area contributed by atoms with Gasteiger partial charge in [-0.2, -0.15) is 14.4 Å². The fourth-order valence-corrected chi connectivity index (χ4v) is 4.69. The van der Waals surface area contributed by atoms with Crippen LogP contribution in [0.5, 0.6) is 0 Å². The van der Waals surface area contributed by atoms with E-state index in [1.54, 1.807) is 4.57 Å². The van der Waals surface area contributed by atoms with Gasteiger partial charge in [-0.3, -0.25) is 9.36 Å². The Labute approximate surface area is 213 Å². The molecule has 0 spiro atoms. The van der Waals surface area contributed by atoms with Crippen LogP contribution in [0.4, 0.5) is 10.2 Å². The van der Waals surface area contributed by atoms with Gasteiger partial charge in [0.1, 0.15) is 12.8 Å². The highest BCUT2D eigenvalue weighted by atomic mass is 19.1. The van der Waals surface area contributed by atoms with E-state index in [1.807, 2.05) is 0 Å². The van der Waals surface area contributed by atoms with Gasteiger partial charge in [0.05, 0.1) is 6.33 Å². The van der Waals surface area contributed by atoms with Crippen molar-refractivity contribution in [3.8, 4) is 12.3 Å². The summed E-state index contributed by atoms with van der Waals surface area (Å²) in [5.74, 6) is 2.34. The van der Waals surface area contributed by atoms with Gasteiger partial charge in [0.2, 0.25) is 0 Å². The SMILES string of the molecule is C#CC1(COC(=O)CCCCCCCCCCCCCC)CCC(n2cnc3c(N)nc(F)nc32)O1. The van der Waals surface area contributed by atoms with E-state index in [9.17, 15) is 9.18 Å². The highest BCUT2D eigenvalue weighted by Crippen LogP contribution is 2.38. The van der Waals surface area contributed by atoms with Crippen molar-refractivity contribution < 1.29 is 18.7 Å². The largest absolute Gasteiger partial charge is 0.462 e. The molecule has 0 saturated carbocycles. The summed E-state index contributed by atoms with van der Waals surface area (Å²) in [6.07, 6.45) is 22.1. The number of esters is 1. The molecule has 0 radical (unpaired) electrons. The molecule has 0 bridgehead atoms. The Morgan fingerprint density at radius 3 is 2.44 bits per heavy atom. The number of ether oxygens (including phenoxy) is 2. The third-order valence-electron chi connectivity index (χ3n) is 6.85. The Morgan fingerprint density at radius 1 is 1.17 bits per heavy atom. The van der Waals surface area contributed by atoms with E-state index in [-0.39, 0.29) is 24.0 Å². The van der Waals surface area contributed by atoms with Crippen LogP contribution in [0.3, 0.4) is 0 Å². The first kappa shape index (κ1) is 27.9. The molecule has 3 heterocycles. The number of nitrogens with zero attached hydrogens (tertiary/aromatic N) is 4. The molecule has 2 aromatic heterocycles. The zero-order valence-electron chi connectivity index (χ0n) is 21.5. The zero-order valence-corrected chi connectivity index (χ0v) is 21.5. The van der Waals surface area contributed by atoms with Crippen molar-refractivity contribution in [2.45, 2.75) is 115 Å². The number of hydrogen-bond donors (Lipinski definition) is 1. The predicted octanol–water partition coefficient (Wildman–Crippen LogP) is 5.86. The smallest absolute Gasteiger partial charge is 0.312 e. The van der Waals surface area contributed by atoms with Crippen molar-refractivity contribution in [3.63, 3.8) is 0 Å². The third-order valence-corrected chi connectivity index (χ3v) is 6.85. The Kier molecular flexibility index (Phi) is 10.9. The van der Waals surface area contributed by atoms with Gasteiger partial charge < -0.3 is 15.2 Å². The molecule has 0 aromatic carbocycles. The number of carbonyl (C=O) groups excluding carboxylic acids is 1. The van der Waals surface area contributed by atoms with Gasteiger partial charge in [0.15, 0.2) is 22.6 Å². The van der Waals surface area contributed by atoms with Gasteiger partial charge in [0, 0.05) is 6.42 Å². The van der Waals surface area contributed by atoms with Crippen molar-refractivity contribution in [1.82, 2.24) is 19.5 Å². The van der Waals surface area contributed by atoms with Crippen LogP contribution in [0.2, 0.25) is 0 Å². The molecular weight excluding hydrogens is 461 g/mol. The van der Waals surface area contributed by atoms with E-state index in [4.69, 9.17) is 21.6 Å². The number of anilines is 1. The Bertz CT molecular complexity index is 1020. The maximum absolute atomic E-state index is 13.7. The standard InChI is InChI=1S/C27H40FN5O3/c1-3-5-6-7-8-9-10-11-12-13-14-15-16-22(34)35-19-27(4-2)18-17-21(36-27)33-20-30-23-24(29)31-26(28)32-25(23)33/h2,20-21H,3,5-19H2,1H3,(H2,29,31,32). The van der Waals surface area contributed by atoms with Crippen LogP contribution >= 0.6 is 0 Å². The second-order valence-corrected chi connectivity index (χ2v) is 9.75. The molecular formula is C27H40FN5O3. The Morgan fingerprint density at radius 2 is 1.81 bits per heavy atom. The summed E-state index contributed by atoms with van der Waals surface area (Å²) in [7, 11) is 0.